The lowest BCUT2D eigenvalue weighted by Crippen LogP contribution is -2.63. The summed E-state index contributed by atoms with van der Waals surface area (Å²) in [6.45, 7) is 3.30. The molecule has 4 saturated carbocycles. The summed E-state index contributed by atoms with van der Waals surface area (Å²) in [6, 6.07) is 5.10. The summed E-state index contributed by atoms with van der Waals surface area (Å²) in [6.07, 6.45) is -0.547. The molecule has 5 aliphatic rings. The molecule has 4 bridgehead atoms. The van der Waals surface area contributed by atoms with E-state index in [1.54, 1.807) is 0 Å². The number of hydrogen-bond donors (Lipinski definition) is 2. The van der Waals surface area contributed by atoms with Crippen molar-refractivity contribution in [3.63, 3.8) is 0 Å². The van der Waals surface area contributed by atoms with E-state index in [-0.39, 0.29) is 35.7 Å². The Balaban J connectivity index is 1.22. The van der Waals surface area contributed by atoms with Crippen molar-refractivity contribution in [2.24, 2.45) is 28.9 Å². The van der Waals surface area contributed by atoms with Gasteiger partial charge in [0.1, 0.15) is 6.10 Å². The van der Waals surface area contributed by atoms with Crippen LogP contribution in [-0.2, 0) is 20.5 Å². The van der Waals surface area contributed by atoms with Gasteiger partial charge in [-0.3, -0.25) is 14.5 Å². The van der Waals surface area contributed by atoms with E-state index in [0.29, 0.717) is 25.6 Å². The van der Waals surface area contributed by atoms with Gasteiger partial charge in [-0.05, 0) is 74.5 Å². The summed E-state index contributed by atoms with van der Waals surface area (Å²) >= 11 is 0. The number of rotatable bonds is 5. The van der Waals surface area contributed by atoms with Gasteiger partial charge >= 0.3 is 6.18 Å². The Morgan fingerprint density at radius 2 is 1.79 bits per heavy atom. The third-order valence-corrected chi connectivity index (χ3v) is 8.76. The molecule has 1 aliphatic heterocycles. The predicted octanol–water partition coefficient (Wildman–Crippen LogP) is 3.26. The Kier molecular flexibility index (Phi) is 5.91. The van der Waals surface area contributed by atoms with Crippen molar-refractivity contribution in [2.75, 3.05) is 19.7 Å². The van der Waals surface area contributed by atoms with Crippen LogP contribution in [0.15, 0.2) is 24.3 Å². The summed E-state index contributed by atoms with van der Waals surface area (Å²) in [4.78, 5) is 27.4. The molecule has 6 nitrogen and oxygen atoms in total. The third kappa shape index (κ3) is 4.21. The summed E-state index contributed by atoms with van der Waals surface area (Å²) < 4.78 is 44.4. The molecular weight excluding hydrogens is 447 g/mol. The van der Waals surface area contributed by atoms with E-state index in [4.69, 9.17) is 10.5 Å². The lowest BCUT2D eigenvalue weighted by molar-refractivity contribution is -0.152. The van der Waals surface area contributed by atoms with Gasteiger partial charge in [-0.25, -0.2) is 0 Å². The van der Waals surface area contributed by atoms with Crippen molar-refractivity contribution < 1.29 is 27.5 Å². The number of ether oxygens (including phenoxy) is 1. The minimum Gasteiger partial charge on any atom is -0.369 e. The molecule has 4 atom stereocenters. The second kappa shape index (κ2) is 8.52. The topological polar surface area (TPSA) is 84.7 Å². The predicted molar refractivity (Wildman–Crippen MR) is 118 cm³/mol. The number of morpholine rings is 1. The van der Waals surface area contributed by atoms with Crippen molar-refractivity contribution in [1.29, 1.82) is 0 Å². The maximum absolute atomic E-state index is 13.2. The minimum atomic E-state index is -4.36. The van der Waals surface area contributed by atoms with E-state index in [2.05, 4.69) is 10.2 Å². The van der Waals surface area contributed by atoms with Crippen molar-refractivity contribution in [3.05, 3.63) is 35.4 Å². The standard InChI is InChI=1S/C25H32F3N3O3/c1-14(16-2-4-19(5-3-16)25(26,27)28)31-6-7-34-20(13-31)22(32)30-21-17-8-15-9-18(21)12-24(10-15,11-17)23(29)33/h2-5,14-15,17-18,20-21H,6-13H2,1H3,(H2,29,33)(H,30,32)/t14-,15?,17?,18?,20?,21?,24?/m1/s1. The highest BCUT2D eigenvalue weighted by molar-refractivity contribution is 5.83. The fourth-order valence-corrected chi connectivity index (χ4v) is 7.16. The molecule has 1 aromatic rings. The molecular formula is C25H32F3N3O3. The third-order valence-electron chi connectivity index (χ3n) is 8.76. The number of primary amides is 1. The number of halogens is 3. The highest BCUT2D eigenvalue weighted by atomic mass is 19.4. The fourth-order valence-electron chi connectivity index (χ4n) is 7.16. The molecule has 3 unspecified atom stereocenters. The van der Waals surface area contributed by atoms with Crippen LogP contribution < -0.4 is 11.1 Å². The van der Waals surface area contributed by atoms with Crippen LogP contribution in [0.3, 0.4) is 0 Å². The van der Waals surface area contributed by atoms with Crippen LogP contribution in [0, 0.1) is 23.2 Å². The first-order valence-corrected chi connectivity index (χ1v) is 12.2. The first kappa shape index (κ1) is 23.6. The van der Waals surface area contributed by atoms with Crippen LogP contribution >= 0.6 is 0 Å². The Labute approximate surface area is 197 Å². The molecule has 186 valence electrons. The smallest absolute Gasteiger partial charge is 0.369 e. The lowest BCUT2D eigenvalue weighted by atomic mass is 9.47. The van der Waals surface area contributed by atoms with E-state index in [1.807, 2.05) is 6.92 Å². The van der Waals surface area contributed by atoms with Crippen molar-refractivity contribution in [1.82, 2.24) is 10.2 Å². The fraction of sp³-hybridized carbons (Fsp3) is 0.680. The summed E-state index contributed by atoms with van der Waals surface area (Å²) in [5.41, 5.74) is 5.47. The van der Waals surface area contributed by atoms with Gasteiger partial charge in [0.2, 0.25) is 5.91 Å². The zero-order valence-corrected chi connectivity index (χ0v) is 19.3. The highest BCUT2D eigenvalue weighted by Gasteiger charge is 2.58. The van der Waals surface area contributed by atoms with Crippen LogP contribution in [0.4, 0.5) is 13.2 Å². The van der Waals surface area contributed by atoms with E-state index in [0.717, 1.165) is 49.8 Å². The largest absolute Gasteiger partial charge is 0.416 e. The number of carbonyl (C=O) groups is 2. The highest BCUT2D eigenvalue weighted by Crippen LogP contribution is 2.59. The quantitative estimate of drug-likeness (QED) is 0.679. The number of alkyl halides is 3. The molecule has 0 radical (unpaired) electrons. The first-order valence-electron chi connectivity index (χ1n) is 12.2. The number of nitrogens with zero attached hydrogens (tertiary/aromatic N) is 1. The first-order chi connectivity index (χ1) is 16.1. The van der Waals surface area contributed by atoms with Crippen molar-refractivity contribution in [3.8, 4) is 0 Å². The molecule has 9 heteroatoms. The SMILES string of the molecule is C[C@H](c1ccc(C(F)(F)F)cc1)N1CCOC(C(=O)NC2C3CC4CC2CC(C(N)=O)(C4)C3)C1. The molecule has 34 heavy (non-hydrogen) atoms. The number of carbonyl (C=O) groups excluding carboxylic acids is 2. The number of benzene rings is 1. The van der Waals surface area contributed by atoms with Crippen LogP contribution in [0.25, 0.3) is 0 Å². The molecule has 6 rings (SSSR count). The van der Waals surface area contributed by atoms with Crippen LogP contribution in [0.1, 0.15) is 56.2 Å². The van der Waals surface area contributed by atoms with E-state index in [1.165, 1.54) is 12.1 Å². The Bertz CT molecular complexity index is 935. The van der Waals surface area contributed by atoms with Crippen LogP contribution in [-0.4, -0.2) is 48.6 Å². The zero-order valence-electron chi connectivity index (χ0n) is 19.3. The summed E-state index contributed by atoms with van der Waals surface area (Å²) in [5.74, 6) is 0.723. The summed E-state index contributed by atoms with van der Waals surface area (Å²) in [7, 11) is 0. The molecule has 5 fully saturated rings. The second-order valence-corrected chi connectivity index (χ2v) is 10.8. The lowest BCUT2D eigenvalue weighted by Gasteiger charge is -2.59. The zero-order chi connectivity index (χ0) is 24.3. The Hall–Kier alpha value is -2.13. The molecule has 0 aromatic heterocycles. The van der Waals surface area contributed by atoms with Crippen LogP contribution in [0.5, 0.6) is 0 Å². The van der Waals surface area contributed by atoms with E-state index < -0.39 is 23.3 Å². The summed E-state index contributed by atoms with van der Waals surface area (Å²) in [5, 5.41) is 3.24. The number of hydrogen-bond acceptors (Lipinski definition) is 4. The van der Waals surface area contributed by atoms with E-state index in [9.17, 15) is 22.8 Å². The maximum Gasteiger partial charge on any atom is 0.416 e. The monoisotopic (exact) mass is 479 g/mol. The molecule has 1 heterocycles. The maximum atomic E-state index is 13.2. The van der Waals surface area contributed by atoms with Gasteiger partial charge in [0, 0.05) is 30.6 Å². The van der Waals surface area contributed by atoms with Gasteiger partial charge in [-0.1, -0.05) is 12.1 Å². The molecule has 4 aliphatic carbocycles. The number of nitrogens with one attached hydrogen (secondary N) is 1. The Morgan fingerprint density at radius 1 is 1.15 bits per heavy atom. The number of nitrogens with two attached hydrogens (primary N) is 1. The molecule has 1 aromatic carbocycles. The average molecular weight is 480 g/mol. The van der Waals surface area contributed by atoms with Crippen LogP contribution in [0.2, 0.25) is 0 Å². The van der Waals surface area contributed by atoms with E-state index >= 15 is 0 Å². The van der Waals surface area contributed by atoms with Gasteiger partial charge in [0.25, 0.3) is 5.91 Å². The van der Waals surface area contributed by atoms with Crippen molar-refractivity contribution >= 4 is 11.8 Å². The average Bonchev–Trinajstić information content (AvgIpc) is 2.80. The molecule has 2 amide bonds. The second-order valence-electron chi connectivity index (χ2n) is 10.8. The van der Waals surface area contributed by atoms with Crippen molar-refractivity contribution in [2.45, 2.75) is 63.4 Å². The molecule has 0 spiro atoms. The van der Waals surface area contributed by atoms with Gasteiger partial charge in [-0.15, -0.1) is 0 Å². The van der Waals surface area contributed by atoms with Gasteiger partial charge < -0.3 is 15.8 Å². The minimum absolute atomic E-state index is 0.0443. The Morgan fingerprint density at radius 3 is 2.38 bits per heavy atom. The molecule has 1 saturated heterocycles. The number of amides is 2. The van der Waals surface area contributed by atoms with Gasteiger partial charge in [0.15, 0.2) is 0 Å². The van der Waals surface area contributed by atoms with Gasteiger partial charge in [-0.2, -0.15) is 13.2 Å². The molecule has 3 N–H and O–H groups in total. The van der Waals surface area contributed by atoms with Gasteiger partial charge in [0.05, 0.1) is 12.2 Å². The normalized spacial score (nSPS) is 36.3.